The van der Waals surface area contributed by atoms with Crippen LogP contribution in [0.25, 0.3) is 0 Å². The Hall–Kier alpha value is -1.92. The van der Waals surface area contributed by atoms with E-state index in [2.05, 4.69) is 15.3 Å². The molecule has 0 aliphatic heterocycles. The molecule has 0 aliphatic carbocycles. The van der Waals surface area contributed by atoms with Gasteiger partial charge >= 0.3 is 0 Å². The molecule has 0 aromatic carbocycles. The van der Waals surface area contributed by atoms with Gasteiger partial charge in [-0.3, -0.25) is 4.79 Å². The van der Waals surface area contributed by atoms with Gasteiger partial charge in [0.1, 0.15) is 23.9 Å². The highest BCUT2D eigenvalue weighted by atomic mass is 35.5. The largest absolute Gasteiger partial charge is 0.467 e. The number of halogens is 1. The Morgan fingerprint density at radius 1 is 1.48 bits per heavy atom. The van der Waals surface area contributed by atoms with Crippen LogP contribution >= 0.6 is 11.6 Å². The average molecular weight is 338 g/mol. The van der Waals surface area contributed by atoms with Crippen molar-refractivity contribution in [3.05, 3.63) is 46.9 Å². The third-order valence-corrected chi connectivity index (χ3v) is 3.35. The second-order valence-electron chi connectivity index (χ2n) is 5.32. The molecule has 0 fully saturated rings. The second kappa shape index (κ2) is 8.64. The molecule has 0 radical (unpaired) electrons. The van der Waals surface area contributed by atoms with Crippen LogP contribution < -0.4 is 5.32 Å². The van der Waals surface area contributed by atoms with Crippen LogP contribution in [0, 0.1) is 0 Å². The Labute approximate surface area is 140 Å². The summed E-state index contributed by atoms with van der Waals surface area (Å²) in [6, 6.07) is 3.67. The number of ether oxygens (including phenoxy) is 1. The zero-order valence-electron chi connectivity index (χ0n) is 13.2. The molecule has 0 saturated heterocycles. The fourth-order valence-corrected chi connectivity index (χ4v) is 2.02. The number of aromatic nitrogens is 2. The van der Waals surface area contributed by atoms with Gasteiger partial charge in [0, 0.05) is 19.1 Å². The van der Waals surface area contributed by atoms with Crippen molar-refractivity contribution in [2.75, 3.05) is 13.2 Å². The van der Waals surface area contributed by atoms with Crippen LogP contribution in [-0.4, -0.2) is 29.0 Å². The van der Waals surface area contributed by atoms with E-state index in [0.717, 1.165) is 5.76 Å². The third-order valence-electron chi connectivity index (χ3n) is 3.07. The lowest BCUT2D eigenvalue weighted by Crippen LogP contribution is -2.27. The van der Waals surface area contributed by atoms with Crippen LogP contribution in [0.2, 0.25) is 5.02 Å². The molecular formula is C16H20ClN3O3. The first kappa shape index (κ1) is 17.4. The molecule has 124 valence electrons. The minimum Gasteiger partial charge on any atom is -0.467 e. The molecule has 1 amide bonds. The molecule has 2 rings (SSSR count). The van der Waals surface area contributed by atoms with Crippen molar-refractivity contribution in [2.24, 2.45) is 0 Å². The number of rotatable bonds is 8. The highest BCUT2D eigenvalue weighted by Crippen LogP contribution is 2.16. The zero-order valence-corrected chi connectivity index (χ0v) is 14.0. The van der Waals surface area contributed by atoms with E-state index < -0.39 is 0 Å². The molecular weight excluding hydrogens is 318 g/mol. The van der Waals surface area contributed by atoms with Crippen LogP contribution in [0.3, 0.4) is 0 Å². The van der Waals surface area contributed by atoms with Gasteiger partial charge in [0.15, 0.2) is 0 Å². The Bertz CT molecular complexity index is 630. The summed E-state index contributed by atoms with van der Waals surface area (Å²) in [5.41, 5.74) is 0.210. The number of nitrogens with zero attached hydrogens (tertiary/aromatic N) is 2. The van der Waals surface area contributed by atoms with Crippen molar-refractivity contribution >= 4 is 17.5 Å². The van der Waals surface area contributed by atoms with Gasteiger partial charge in [-0.2, -0.15) is 0 Å². The first-order valence-electron chi connectivity index (χ1n) is 7.48. The number of carbonyl (C=O) groups excluding carboxylic acids is 1. The minimum absolute atomic E-state index is 0.133. The Balaban J connectivity index is 1.73. The number of amides is 1. The molecule has 0 bridgehead atoms. The van der Waals surface area contributed by atoms with Gasteiger partial charge in [-0.15, -0.1) is 0 Å². The van der Waals surface area contributed by atoms with Crippen molar-refractivity contribution in [2.45, 2.75) is 32.8 Å². The SMILES string of the molecule is CC(C)c1ncc(Cl)c(C(=O)NCCCOCc2ccco2)n1. The highest BCUT2D eigenvalue weighted by molar-refractivity contribution is 6.33. The van der Waals surface area contributed by atoms with Crippen molar-refractivity contribution in [3.8, 4) is 0 Å². The first-order chi connectivity index (χ1) is 11.1. The van der Waals surface area contributed by atoms with Crippen LogP contribution in [0.1, 0.15) is 48.3 Å². The molecule has 0 unspecified atom stereocenters. The fourth-order valence-electron chi connectivity index (χ4n) is 1.85. The Kier molecular flexibility index (Phi) is 6.55. The quantitative estimate of drug-likeness (QED) is 0.748. The summed E-state index contributed by atoms with van der Waals surface area (Å²) in [6.07, 6.45) is 3.76. The van der Waals surface area contributed by atoms with E-state index in [1.807, 2.05) is 26.0 Å². The van der Waals surface area contributed by atoms with Crippen molar-refractivity contribution < 1.29 is 13.9 Å². The summed E-state index contributed by atoms with van der Waals surface area (Å²) in [5, 5.41) is 3.03. The molecule has 0 saturated carbocycles. The predicted molar refractivity (Wildman–Crippen MR) is 86.4 cm³/mol. The summed E-state index contributed by atoms with van der Waals surface area (Å²) >= 11 is 5.99. The molecule has 23 heavy (non-hydrogen) atoms. The third kappa shape index (κ3) is 5.33. The van der Waals surface area contributed by atoms with Crippen LogP contribution in [0.5, 0.6) is 0 Å². The van der Waals surface area contributed by atoms with Crippen LogP contribution in [-0.2, 0) is 11.3 Å². The standard InChI is InChI=1S/C16H20ClN3O3/c1-11(2)15-19-9-13(17)14(20-15)16(21)18-6-4-7-22-10-12-5-3-8-23-12/h3,5,8-9,11H,4,6-7,10H2,1-2H3,(H,18,21). The smallest absolute Gasteiger partial charge is 0.271 e. The number of furan rings is 1. The lowest BCUT2D eigenvalue weighted by molar-refractivity contribution is 0.0912. The van der Waals surface area contributed by atoms with Crippen LogP contribution in [0.4, 0.5) is 0 Å². The summed E-state index contributed by atoms with van der Waals surface area (Å²) < 4.78 is 10.6. The van der Waals surface area contributed by atoms with Gasteiger partial charge in [0.25, 0.3) is 5.91 Å². The van der Waals surface area contributed by atoms with Gasteiger partial charge in [-0.05, 0) is 18.6 Å². The molecule has 0 spiro atoms. The van der Waals surface area contributed by atoms with E-state index in [9.17, 15) is 4.79 Å². The van der Waals surface area contributed by atoms with Gasteiger partial charge in [0.05, 0.1) is 17.5 Å². The van der Waals surface area contributed by atoms with Gasteiger partial charge in [-0.25, -0.2) is 9.97 Å². The lowest BCUT2D eigenvalue weighted by Gasteiger charge is -2.09. The minimum atomic E-state index is -0.301. The molecule has 1 N–H and O–H groups in total. The van der Waals surface area contributed by atoms with Gasteiger partial charge in [-0.1, -0.05) is 25.4 Å². The van der Waals surface area contributed by atoms with E-state index in [1.54, 1.807) is 6.26 Å². The maximum Gasteiger partial charge on any atom is 0.271 e. The molecule has 2 heterocycles. The first-order valence-corrected chi connectivity index (χ1v) is 7.86. The van der Waals surface area contributed by atoms with Crippen molar-refractivity contribution in [3.63, 3.8) is 0 Å². The van der Waals surface area contributed by atoms with Gasteiger partial charge < -0.3 is 14.5 Å². The normalized spacial score (nSPS) is 11.0. The average Bonchev–Trinajstić information content (AvgIpc) is 3.04. The van der Waals surface area contributed by atoms with E-state index >= 15 is 0 Å². The second-order valence-corrected chi connectivity index (χ2v) is 5.73. The summed E-state index contributed by atoms with van der Waals surface area (Å²) in [6.45, 7) is 5.35. The zero-order chi connectivity index (χ0) is 16.7. The Morgan fingerprint density at radius 3 is 3.00 bits per heavy atom. The summed E-state index contributed by atoms with van der Waals surface area (Å²) in [5.74, 6) is 1.21. The van der Waals surface area contributed by atoms with Gasteiger partial charge in [0.2, 0.25) is 0 Å². The molecule has 2 aromatic rings. The predicted octanol–water partition coefficient (Wildman–Crippen LogP) is 3.18. The molecule has 0 aliphatic rings. The van der Waals surface area contributed by atoms with E-state index in [1.165, 1.54) is 6.20 Å². The van der Waals surface area contributed by atoms with Crippen molar-refractivity contribution in [1.29, 1.82) is 0 Å². The van der Waals surface area contributed by atoms with E-state index in [-0.39, 0.29) is 22.5 Å². The topological polar surface area (TPSA) is 77.2 Å². The number of hydrogen-bond donors (Lipinski definition) is 1. The highest BCUT2D eigenvalue weighted by Gasteiger charge is 2.14. The summed E-state index contributed by atoms with van der Waals surface area (Å²) in [4.78, 5) is 20.5. The van der Waals surface area contributed by atoms with Crippen LogP contribution in [0.15, 0.2) is 29.0 Å². The maximum absolute atomic E-state index is 12.1. The lowest BCUT2D eigenvalue weighted by atomic mass is 10.2. The number of hydrogen-bond acceptors (Lipinski definition) is 5. The molecule has 2 aromatic heterocycles. The molecule has 7 heteroatoms. The van der Waals surface area contributed by atoms with E-state index in [4.69, 9.17) is 20.8 Å². The maximum atomic E-state index is 12.1. The molecule has 0 atom stereocenters. The monoisotopic (exact) mass is 337 g/mol. The Morgan fingerprint density at radius 2 is 2.30 bits per heavy atom. The fraction of sp³-hybridized carbons (Fsp3) is 0.438. The van der Waals surface area contributed by atoms with Crippen molar-refractivity contribution in [1.82, 2.24) is 15.3 Å². The number of carbonyl (C=O) groups is 1. The number of nitrogens with one attached hydrogen (secondary N) is 1. The molecule has 6 nitrogen and oxygen atoms in total. The summed E-state index contributed by atoms with van der Waals surface area (Å²) in [7, 11) is 0. The van der Waals surface area contributed by atoms with E-state index in [0.29, 0.717) is 32.0 Å².